The largest absolute Gasteiger partial charge is 0.381 e. The van der Waals surface area contributed by atoms with Crippen molar-refractivity contribution >= 4 is 15.9 Å². The summed E-state index contributed by atoms with van der Waals surface area (Å²) < 4.78 is 50.9. The van der Waals surface area contributed by atoms with Crippen LogP contribution in [0.3, 0.4) is 0 Å². The maximum absolute atomic E-state index is 13.5. The zero-order valence-corrected chi connectivity index (χ0v) is 16.9. The lowest BCUT2D eigenvalue weighted by Gasteiger charge is -2.43. The van der Waals surface area contributed by atoms with E-state index in [0.29, 0.717) is 39.1 Å². The highest BCUT2D eigenvalue weighted by molar-refractivity contribution is 7.89. The Bertz CT molecular complexity index is 774. The molecule has 0 bridgehead atoms. The lowest BCUT2D eigenvalue weighted by Crippen LogP contribution is -2.54. The number of carbonyl (C=O) groups excluding carboxylic acids is 1. The number of carbonyl (C=O) groups is 1. The molecule has 0 aromatic heterocycles. The zero-order valence-electron chi connectivity index (χ0n) is 16.0. The Labute approximate surface area is 165 Å². The van der Waals surface area contributed by atoms with Crippen LogP contribution in [0.25, 0.3) is 0 Å². The predicted octanol–water partition coefficient (Wildman–Crippen LogP) is 1.63. The van der Waals surface area contributed by atoms with Gasteiger partial charge in [-0.25, -0.2) is 12.8 Å². The van der Waals surface area contributed by atoms with Crippen LogP contribution in [0, 0.1) is 5.82 Å². The van der Waals surface area contributed by atoms with E-state index < -0.39 is 15.8 Å². The van der Waals surface area contributed by atoms with Crippen LogP contribution in [-0.2, 0) is 24.3 Å². The van der Waals surface area contributed by atoms with Gasteiger partial charge >= 0.3 is 0 Å². The number of benzene rings is 1. The highest BCUT2D eigenvalue weighted by Crippen LogP contribution is 2.27. The number of rotatable bonds is 6. The van der Waals surface area contributed by atoms with E-state index in [-0.39, 0.29) is 29.5 Å². The van der Waals surface area contributed by atoms with Gasteiger partial charge in [0, 0.05) is 45.5 Å². The second-order valence-corrected chi connectivity index (χ2v) is 9.11. The molecule has 1 aromatic rings. The SMILES string of the molecule is COCC(=O)N(C1CCOCC1)C1CCN(S(=O)(=O)c2cccc(F)c2)CC1. The van der Waals surface area contributed by atoms with Gasteiger partial charge in [0.25, 0.3) is 0 Å². The van der Waals surface area contributed by atoms with Crippen LogP contribution in [0.4, 0.5) is 4.39 Å². The molecule has 0 aliphatic carbocycles. The quantitative estimate of drug-likeness (QED) is 0.707. The fraction of sp³-hybridized carbons (Fsp3) is 0.632. The summed E-state index contributed by atoms with van der Waals surface area (Å²) in [4.78, 5) is 14.5. The molecule has 28 heavy (non-hydrogen) atoms. The maximum atomic E-state index is 13.5. The van der Waals surface area contributed by atoms with Crippen molar-refractivity contribution in [3.63, 3.8) is 0 Å². The zero-order chi connectivity index (χ0) is 20.1. The van der Waals surface area contributed by atoms with Crippen LogP contribution in [0.2, 0.25) is 0 Å². The fourth-order valence-corrected chi connectivity index (χ4v) is 5.51. The molecule has 3 rings (SSSR count). The number of amides is 1. The molecule has 9 heteroatoms. The topological polar surface area (TPSA) is 76.2 Å². The van der Waals surface area contributed by atoms with Crippen molar-refractivity contribution < 1.29 is 27.1 Å². The minimum absolute atomic E-state index is 0.0131. The summed E-state index contributed by atoms with van der Waals surface area (Å²) in [7, 11) is -2.25. The van der Waals surface area contributed by atoms with Gasteiger partial charge in [-0.05, 0) is 43.9 Å². The lowest BCUT2D eigenvalue weighted by molar-refractivity contribution is -0.143. The first-order chi connectivity index (χ1) is 13.4. The van der Waals surface area contributed by atoms with Crippen LogP contribution >= 0.6 is 0 Å². The first-order valence-corrected chi connectivity index (χ1v) is 11.0. The molecule has 2 aliphatic heterocycles. The Morgan fingerprint density at radius 1 is 1.21 bits per heavy atom. The molecule has 0 saturated carbocycles. The average molecular weight is 414 g/mol. The van der Waals surface area contributed by atoms with Crippen LogP contribution in [0.1, 0.15) is 25.7 Å². The van der Waals surface area contributed by atoms with E-state index in [9.17, 15) is 17.6 Å². The van der Waals surface area contributed by atoms with Crippen molar-refractivity contribution in [1.29, 1.82) is 0 Å². The summed E-state index contributed by atoms with van der Waals surface area (Å²) in [6.45, 7) is 1.84. The highest BCUT2D eigenvalue weighted by atomic mass is 32.2. The molecule has 2 aliphatic rings. The van der Waals surface area contributed by atoms with Gasteiger partial charge in [-0.1, -0.05) is 6.07 Å². The van der Waals surface area contributed by atoms with E-state index in [4.69, 9.17) is 9.47 Å². The Kier molecular flexibility index (Phi) is 7.03. The summed E-state index contributed by atoms with van der Waals surface area (Å²) in [6.07, 6.45) is 2.64. The van der Waals surface area contributed by atoms with E-state index in [1.807, 2.05) is 4.90 Å². The van der Waals surface area contributed by atoms with Gasteiger partial charge in [0.1, 0.15) is 12.4 Å². The molecule has 0 N–H and O–H groups in total. The van der Waals surface area contributed by atoms with Crippen LogP contribution in [-0.4, -0.2) is 75.6 Å². The first-order valence-electron chi connectivity index (χ1n) is 9.57. The number of halogens is 1. The molecule has 0 unspecified atom stereocenters. The minimum Gasteiger partial charge on any atom is -0.381 e. The van der Waals surface area contributed by atoms with Crippen LogP contribution in [0.5, 0.6) is 0 Å². The third-order valence-electron chi connectivity index (χ3n) is 5.39. The van der Waals surface area contributed by atoms with E-state index in [0.717, 1.165) is 18.9 Å². The Balaban J connectivity index is 1.70. The second-order valence-electron chi connectivity index (χ2n) is 7.17. The fourth-order valence-electron chi connectivity index (χ4n) is 4.00. The number of methoxy groups -OCH3 is 1. The number of hydrogen-bond acceptors (Lipinski definition) is 5. The second kappa shape index (κ2) is 9.30. The molecule has 2 heterocycles. The normalized spacial score (nSPS) is 20.2. The number of piperidine rings is 1. The molecule has 156 valence electrons. The molecule has 1 amide bonds. The lowest BCUT2D eigenvalue weighted by atomic mass is 9.98. The Hall–Kier alpha value is -1.55. The van der Waals surface area contributed by atoms with Gasteiger partial charge in [-0.2, -0.15) is 4.31 Å². The Morgan fingerprint density at radius 2 is 1.86 bits per heavy atom. The number of nitrogens with zero attached hydrogens (tertiary/aromatic N) is 2. The van der Waals surface area contributed by atoms with Gasteiger partial charge < -0.3 is 14.4 Å². The Morgan fingerprint density at radius 3 is 2.46 bits per heavy atom. The van der Waals surface area contributed by atoms with Crippen molar-refractivity contribution in [2.45, 2.75) is 42.7 Å². The molecule has 0 atom stereocenters. The first kappa shape index (κ1) is 21.2. The molecular formula is C19H27FN2O5S. The van der Waals surface area contributed by atoms with Crippen molar-refractivity contribution in [1.82, 2.24) is 9.21 Å². The van der Waals surface area contributed by atoms with Crippen molar-refractivity contribution in [3.05, 3.63) is 30.1 Å². The highest BCUT2D eigenvalue weighted by Gasteiger charge is 2.36. The summed E-state index contributed by atoms with van der Waals surface area (Å²) in [5.74, 6) is -0.646. The molecule has 7 nitrogen and oxygen atoms in total. The van der Waals surface area contributed by atoms with Gasteiger partial charge in [-0.3, -0.25) is 4.79 Å². The van der Waals surface area contributed by atoms with Gasteiger partial charge in [0.2, 0.25) is 15.9 Å². The van der Waals surface area contributed by atoms with Gasteiger partial charge in [-0.15, -0.1) is 0 Å². The predicted molar refractivity (Wildman–Crippen MR) is 101 cm³/mol. The van der Waals surface area contributed by atoms with Gasteiger partial charge in [0.05, 0.1) is 4.90 Å². The van der Waals surface area contributed by atoms with E-state index in [1.165, 1.54) is 29.6 Å². The maximum Gasteiger partial charge on any atom is 0.249 e. The number of ether oxygens (including phenoxy) is 2. The van der Waals surface area contributed by atoms with E-state index in [2.05, 4.69) is 0 Å². The van der Waals surface area contributed by atoms with E-state index in [1.54, 1.807) is 0 Å². The third-order valence-corrected chi connectivity index (χ3v) is 7.29. The van der Waals surface area contributed by atoms with E-state index >= 15 is 0 Å². The van der Waals surface area contributed by atoms with Crippen molar-refractivity contribution in [3.8, 4) is 0 Å². The summed E-state index contributed by atoms with van der Waals surface area (Å²) >= 11 is 0. The molecule has 2 saturated heterocycles. The molecule has 0 radical (unpaired) electrons. The number of hydrogen-bond donors (Lipinski definition) is 0. The van der Waals surface area contributed by atoms with Gasteiger partial charge in [0.15, 0.2) is 0 Å². The van der Waals surface area contributed by atoms with Crippen molar-refractivity contribution in [2.75, 3.05) is 40.0 Å². The van der Waals surface area contributed by atoms with Crippen molar-refractivity contribution in [2.24, 2.45) is 0 Å². The molecular weight excluding hydrogens is 387 g/mol. The average Bonchev–Trinajstić information content (AvgIpc) is 2.70. The standard InChI is InChI=1S/C19H27FN2O5S/c1-26-14-19(23)22(17-7-11-27-12-8-17)16-5-9-21(10-6-16)28(24,25)18-4-2-3-15(20)13-18/h2-4,13,16-17H,5-12,14H2,1H3. The smallest absolute Gasteiger partial charge is 0.249 e. The molecule has 1 aromatic carbocycles. The third kappa shape index (κ3) is 4.71. The number of sulfonamides is 1. The summed E-state index contributed by atoms with van der Waals surface area (Å²) in [6, 6.07) is 5.11. The summed E-state index contributed by atoms with van der Waals surface area (Å²) in [5.41, 5.74) is 0. The minimum atomic E-state index is -3.74. The van der Waals surface area contributed by atoms with Crippen LogP contribution in [0.15, 0.2) is 29.2 Å². The molecule has 0 spiro atoms. The molecule has 2 fully saturated rings. The summed E-state index contributed by atoms with van der Waals surface area (Å²) in [5, 5.41) is 0. The monoisotopic (exact) mass is 414 g/mol. The van der Waals surface area contributed by atoms with Crippen LogP contribution < -0.4 is 0 Å².